The highest BCUT2D eigenvalue weighted by molar-refractivity contribution is 5.85. The molecule has 32 heavy (non-hydrogen) atoms. The Morgan fingerprint density at radius 3 is 2.03 bits per heavy atom. The van der Waals surface area contributed by atoms with Crippen LogP contribution in [0.3, 0.4) is 0 Å². The monoisotopic (exact) mass is 446 g/mol. The van der Waals surface area contributed by atoms with E-state index in [1.807, 2.05) is 25.2 Å². The van der Waals surface area contributed by atoms with Crippen molar-refractivity contribution in [3.63, 3.8) is 0 Å². The Morgan fingerprint density at radius 2 is 1.47 bits per heavy atom. The number of likely N-dealkylation sites (N-methyl/N-ethyl adjacent to an activating group) is 1. The SMILES string of the molecule is COc1ccc(CCN(C)CCCC(O)(C(N)=O)c2ccc(OC)c(OC)c2)cc1OC. The fourth-order valence-electron chi connectivity index (χ4n) is 3.58. The molecule has 0 aromatic heterocycles. The Morgan fingerprint density at radius 1 is 0.906 bits per heavy atom. The second-order valence-corrected chi connectivity index (χ2v) is 7.64. The summed E-state index contributed by atoms with van der Waals surface area (Å²) in [7, 11) is 8.25. The maximum atomic E-state index is 12.1. The standard InChI is InChI=1S/C24H34N2O6/c1-26(14-11-17-7-9-19(29-2)21(15-17)31-4)13-6-12-24(28,23(25)27)18-8-10-20(30-3)22(16-18)32-5/h7-10,15-16,28H,6,11-14H2,1-5H3,(H2,25,27). The number of amides is 1. The highest BCUT2D eigenvalue weighted by atomic mass is 16.5. The first-order valence-electron chi connectivity index (χ1n) is 10.4. The molecule has 0 bridgehead atoms. The number of rotatable bonds is 13. The number of primary amides is 1. The van der Waals surface area contributed by atoms with E-state index in [9.17, 15) is 9.90 Å². The van der Waals surface area contributed by atoms with E-state index in [1.165, 1.54) is 14.2 Å². The van der Waals surface area contributed by atoms with Gasteiger partial charge in [-0.15, -0.1) is 0 Å². The molecule has 0 fully saturated rings. The molecule has 0 spiro atoms. The fraction of sp³-hybridized carbons (Fsp3) is 0.458. The second-order valence-electron chi connectivity index (χ2n) is 7.64. The van der Waals surface area contributed by atoms with Crippen LogP contribution in [-0.2, 0) is 16.8 Å². The maximum Gasteiger partial charge on any atom is 0.254 e. The van der Waals surface area contributed by atoms with Gasteiger partial charge in [-0.25, -0.2) is 0 Å². The Bertz CT molecular complexity index is 904. The molecular formula is C24H34N2O6. The molecule has 8 nitrogen and oxygen atoms in total. The molecule has 0 aliphatic rings. The predicted molar refractivity (Wildman–Crippen MR) is 123 cm³/mol. The van der Waals surface area contributed by atoms with Crippen molar-refractivity contribution in [3.05, 3.63) is 47.5 Å². The number of hydrogen-bond donors (Lipinski definition) is 2. The summed E-state index contributed by atoms with van der Waals surface area (Å²) >= 11 is 0. The van der Waals surface area contributed by atoms with Gasteiger partial charge in [-0.05, 0) is 68.2 Å². The van der Waals surface area contributed by atoms with Crippen LogP contribution in [0.5, 0.6) is 23.0 Å². The first kappa shape index (κ1) is 25.3. The van der Waals surface area contributed by atoms with E-state index >= 15 is 0 Å². The Balaban J connectivity index is 1.97. The van der Waals surface area contributed by atoms with Gasteiger partial charge in [0.1, 0.15) is 0 Å². The first-order valence-corrected chi connectivity index (χ1v) is 10.4. The van der Waals surface area contributed by atoms with Gasteiger partial charge in [0.05, 0.1) is 28.4 Å². The second kappa shape index (κ2) is 11.6. The van der Waals surface area contributed by atoms with Crippen molar-refractivity contribution in [2.24, 2.45) is 5.73 Å². The minimum Gasteiger partial charge on any atom is -0.493 e. The van der Waals surface area contributed by atoms with Crippen molar-refractivity contribution >= 4 is 5.91 Å². The smallest absolute Gasteiger partial charge is 0.254 e. The molecule has 0 radical (unpaired) electrons. The van der Waals surface area contributed by atoms with E-state index in [-0.39, 0.29) is 6.42 Å². The lowest BCUT2D eigenvalue weighted by molar-refractivity contribution is -0.138. The van der Waals surface area contributed by atoms with Gasteiger partial charge in [0.25, 0.3) is 5.91 Å². The normalized spacial score (nSPS) is 12.8. The minimum atomic E-state index is -1.79. The number of ether oxygens (including phenoxy) is 4. The molecule has 176 valence electrons. The third-order valence-electron chi connectivity index (χ3n) is 5.58. The number of aliphatic hydroxyl groups is 1. The van der Waals surface area contributed by atoms with Crippen LogP contribution in [0.15, 0.2) is 36.4 Å². The maximum absolute atomic E-state index is 12.1. The van der Waals surface area contributed by atoms with Gasteiger partial charge in [-0.3, -0.25) is 4.79 Å². The molecule has 1 unspecified atom stereocenters. The lowest BCUT2D eigenvalue weighted by atomic mass is 9.88. The van der Waals surface area contributed by atoms with Crippen LogP contribution in [0.4, 0.5) is 0 Å². The minimum absolute atomic E-state index is 0.193. The summed E-state index contributed by atoms with van der Waals surface area (Å²) in [5, 5.41) is 11.1. The fourth-order valence-corrected chi connectivity index (χ4v) is 3.58. The van der Waals surface area contributed by atoms with Gasteiger partial charge in [0.15, 0.2) is 28.6 Å². The number of nitrogens with two attached hydrogens (primary N) is 1. The third-order valence-corrected chi connectivity index (χ3v) is 5.58. The Labute approximate surface area is 189 Å². The van der Waals surface area contributed by atoms with Crippen LogP contribution < -0.4 is 24.7 Å². The molecule has 2 rings (SSSR count). The van der Waals surface area contributed by atoms with Crippen molar-refractivity contribution in [2.45, 2.75) is 24.9 Å². The summed E-state index contributed by atoms with van der Waals surface area (Å²) in [5.74, 6) is 1.55. The Kier molecular flexibility index (Phi) is 9.16. The molecule has 0 saturated heterocycles. The zero-order valence-electron chi connectivity index (χ0n) is 19.5. The van der Waals surface area contributed by atoms with Crippen LogP contribution in [0, 0.1) is 0 Å². The summed E-state index contributed by atoms with van der Waals surface area (Å²) in [4.78, 5) is 14.3. The van der Waals surface area contributed by atoms with E-state index in [1.54, 1.807) is 32.4 Å². The highest BCUT2D eigenvalue weighted by Gasteiger charge is 2.36. The lowest BCUT2D eigenvalue weighted by Crippen LogP contribution is -2.41. The van der Waals surface area contributed by atoms with Crippen LogP contribution in [0.2, 0.25) is 0 Å². The van der Waals surface area contributed by atoms with Gasteiger partial charge in [-0.1, -0.05) is 12.1 Å². The molecule has 0 saturated carbocycles. The quantitative estimate of drug-likeness (QED) is 0.487. The molecule has 3 N–H and O–H groups in total. The topological polar surface area (TPSA) is 103 Å². The number of methoxy groups -OCH3 is 4. The first-order chi connectivity index (χ1) is 15.3. The van der Waals surface area contributed by atoms with Crippen molar-refractivity contribution in [1.82, 2.24) is 4.90 Å². The zero-order chi connectivity index (χ0) is 23.7. The summed E-state index contributed by atoms with van der Waals surface area (Å²) in [6, 6.07) is 10.7. The lowest BCUT2D eigenvalue weighted by Gasteiger charge is -2.27. The van der Waals surface area contributed by atoms with Gasteiger partial charge in [0, 0.05) is 6.54 Å². The van der Waals surface area contributed by atoms with Crippen LogP contribution in [0.25, 0.3) is 0 Å². The summed E-state index contributed by atoms with van der Waals surface area (Å²) in [6.07, 6.45) is 1.60. The van der Waals surface area contributed by atoms with E-state index in [2.05, 4.69) is 4.90 Å². The van der Waals surface area contributed by atoms with Gasteiger partial charge in [0.2, 0.25) is 0 Å². The number of benzene rings is 2. The summed E-state index contributed by atoms with van der Waals surface area (Å²) in [5.41, 5.74) is 5.30. The van der Waals surface area contributed by atoms with Gasteiger partial charge < -0.3 is 34.7 Å². The van der Waals surface area contributed by atoms with Crippen molar-refractivity contribution in [3.8, 4) is 23.0 Å². The largest absolute Gasteiger partial charge is 0.493 e. The molecular weight excluding hydrogens is 412 g/mol. The molecule has 0 heterocycles. The molecule has 1 amide bonds. The Hall–Kier alpha value is -2.97. The van der Waals surface area contributed by atoms with Crippen molar-refractivity contribution in [1.29, 1.82) is 0 Å². The van der Waals surface area contributed by atoms with E-state index < -0.39 is 11.5 Å². The predicted octanol–water partition coefficient (Wildman–Crippen LogP) is 2.35. The molecule has 0 aliphatic carbocycles. The number of hydrogen-bond acceptors (Lipinski definition) is 7. The van der Waals surface area contributed by atoms with Crippen molar-refractivity contribution < 1.29 is 28.8 Å². The number of carbonyl (C=O) groups excluding carboxylic acids is 1. The van der Waals surface area contributed by atoms with Gasteiger partial charge in [-0.2, -0.15) is 0 Å². The van der Waals surface area contributed by atoms with Crippen LogP contribution in [-0.4, -0.2) is 64.5 Å². The molecule has 0 aliphatic heterocycles. The molecule has 2 aromatic rings. The number of nitrogens with zero attached hydrogens (tertiary/aromatic N) is 1. The molecule has 2 aromatic carbocycles. The molecule has 1 atom stereocenters. The van der Waals surface area contributed by atoms with Crippen molar-refractivity contribution in [2.75, 3.05) is 48.6 Å². The summed E-state index contributed by atoms with van der Waals surface area (Å²) in [6.45, 7) is 1.50. The third kappa shape index (κ3) is 6.05. The van der Waals surface area contributed by atoms with Crippen LogP contribution >= 0.6 is 0 Å². The molecule has 8 heteroatoms. The highest BCUT2D eigenvalue weighted by Crippen LogP contribution is 2.34. The van der Waals surface area contributed by atoms with E-state index in [4.69, 9.17) is 24.7 Å². The zero-order valence-corrected chi connectivity index (χ0v) is 19.5. The van der Waals surface area contributed by atoms with E-state index in [0.717, 1.165) is 18.5 Å². The number of carbonyl (C=O) groups is 1. The van der Waals surface area contributed by atoms with Crippen LogP contribution in [0.1, 0.15) is 24.0 Å². The van der Waals surface area contributed by atoms with Gasteiger partial charge >= 0.3 is 0 Å². The average Bonchev–Trinajstić information content (AvgIpc) is 2.81. The summed E-state index contributed by atoms with van der Waals surface area (Å²) < 4.78 is 21.1. The van der Waals surface area contributed by atoms with E-state index in [0.29, 0.717) is 41.5 Å². The average molecular weight is 447 g/mol.